The fourth-order valence-electron chi connectivity index (χ4n) is 0.713. The SMILES string of the molecule is Cl.N#Cc1cc(Cl)cc(CN)n1. The fourth-order valence-corrected chi connectivity index (χ4v) is 0.942. The number of pyridine rings is 1. The maximum Gasteiger partial charge on any atom is 0.142 e. The maximum atomic E-state index is 8.47. The van der Waals surface area contributed by atoms with Crippen LogP contribution in [0.3, 0.4) is 0 Å². The van der Waals surface area contributed by atoms with E-state index in [0.717, 1.165) is 0 Å². The summed E-state index contributed by atoms with van der Waals surface area (Å²) in [5, 5.41) is 8.97. The lowest BCUT2D eigenvalue weighted by molar-refractivity contribution is 0.982. The van der Waals surface area contributed by atoms with Gasteiger partial charge in [-0.3, -0.25) is 0 Å². The zero-order valence-electron chi connectivity index (χ0n) is 6.12. The first-order valence-electron chi connectivity index (χ1n) is 3.03. The summed E-state index contributed by atoms with van der Waals surface area (Å²) in [5.74, 6) is 0. The highest BCUT2D eigenvalue weighted by molar-refractivity contribution is 6.30. The second-order valence-electron chi connectivity index (χ2n) is 1.98. The largest absolute Gasteiger partial charge is 0.325 e. The van der Waals surface area contributed by atoms with Crippen LogP contribution in [0.15, 0.2) is 12.1 Å². The Bertz CT molecular complexity index is 306. The maximum absolute atomic E-state index is 8.47. The summed E-state index contributed by atoms with van der Waals surface area (Å²) >= 11 is 5.66. The number of halogens is 2. The molecular weight excluding hydrogens is 197 g/mol. The van der Waals surface area contributed by atoms with Crippen molar-refractivity contribution in [1.82, 2.24) is 4.98 Å². The summed E-state index contributed by atoms with van der Waals surface area (Å²) in [5.41, 5.74) is 6.25. The van der Waals surface area contributed by atoms with Crippen molar-refractivity contribution in [2.45, 2.75) is 6.54 Å². The van der Waals surface area contributed by atoms with E-state index in [4.69, 9.17) is 22.6 Å². The number of hydrogen-bond donors (Lipinski definition) is 1. The molecule has 0 saturated carbocycles. The molecule has 0 aliphatic rings. The molecular formula is C7H7Cl2N3. The van der Waals surface area contributed by atoms with E-state index in [2.05, 4.69) is 4.98 Å². The molecule has 0 fully saturated rings. The number of hydrogen-bond acceptors (Lipinski definition) is 3. The van der Waals surface area contributed by atoms with Gasteiger partial charge in [0.25, 0.3) is 0 Å². The second kappa shape index (κ2) is 4.94. The molecule has 1 rings (SSSR count). The highest BCUT2D eigenvalue weighted by Gasteiger charge is 1.97. The molecule has 1 aromatic rings. The van der Waals surface area contributed by atoms with Crippen molar-refractivity contribution >= 4 is 24.0 Å². The lowest BCUT2D eigenvalue weighted by Crippen LogP contribution is -2.00. The van der Waals surface area contributed by atoms with Gasteiger partial charge in [0.1, 0.15) is 11.8 Å². The molecule has 12 heavy (non-hydrogen) atoms. The monoisotopic (exact) mass is 203 g/mol. The lowest BCUT2D eigenvalue weighted by atomic mass is 10.3. The molecule has 0 amide bonds. The van der Waals surface area contributed by atoms with Crippen LogP contribution in [0.1, 0.15) is 11.4 Å². The van der Waals surface area contributed by atoms with Gasteiger partial charge in [0, 0.05) is 11.6 Å². The Hall–Kier alpha value is -0.820. The van der Waals surface area contributed by atoms with E-state index in [9.17, 15) is 0 Å². The number of nitrogens with zero attached hydrogens (tertiary/aromatic N) is 2. The minimum absolute atomic E-state index is 0. The number of aromatic nitrogens is 1. The van der Waals surface area contributed by atoms with Gasteiger partial charge in [-0.05, 0) is 12.1 Å². The Morgan fingerprint density at radius 1 is 1.58 bits per heavy atom. The molecule has 0 saturated heterocycles. The van der Waals surface area contributed by atoms with Crippen LogP contribution in [-0.4, -0.2) is 4.98 Å². The van der Waals surface area contributed by atoms with Gasteiger partial charge < -0.3 is 5.73 Å². The summed E-state index contributed by atoms with van der Waals surface area (Å²) in [7, 11) is 0. The molecule has 1 aromatic heterocycles. The van der Waals surface area contributed by atoms with Crippen molar-refractivity contribution in [3.05, 3.63) is 28.5 Å². The zero-order valence-corrected chi connectivity index (χ0v) is 7.69. The van der Waals surface area contributed by atoms with Crippen LogP contribution in [0, 0.1) is 11.3 Å². The van der Waals surface area contributed by atoms with Crippen molar-refractivity contribution in [1.29, 1.82) is 5.26 Å². The second-order valence-corrected chi connectivity index (χ2v) is 2.41. The van der Waals surface area contributed by atoms with Crippen molar-refractivity contribution in [2.24, 2.45) is 5.73 Å². The molecule has 3 nitrogen and oxygen atoms in total. The van der Waals surface area contributed by atoms with Crippen molar-refractivity contribution < 1.29 is 0 Å². The Morgan fingerprint density at radius 3 is 2.75 bits per heavy atom. The predicted molar refractivity (Wildman–Crippen MR) is 49.1 cm³/mol. The van der Waals surface area contributed by atoms with Gasteiger partial charge in [0.2, 0.25) is 0 Å². The smallest absolute Gasteiger partial charge is 0.142 e. The molecule has 0 bridgehead atoms. The van der Waals surface area contributed by atoms with Gasteiger partial charge in [-0.2, -0.15) is 5.26 Å². The molecule has 0 spiro atoms. The van der Waals surface area contributed by atoms with Gasteiger partial charge in [0.05, 0.1) is 5.69 Å². The van der Waals surface area contributed by atoms with Gasteiger partial charge in [-0.25, -0.2) is 4.98 Å². The standard InChI is InChI=1S/C7H6ClN3.ClH/c8-5-1-6(3-9)11-7(2-5)4-10;/h1-2H,3,9H2;1H. The van der Waals surface area contributed by atoms with Crippen molar-refractivity contribution in [3.63, 3.8) is 0 Å². The molecule has 64 valence electrons. The fraction of sp³-hybridized carbons (Fsp3) is 0.143. The molecule has 0 aromatic carbocycles. The normalized spacial score (nSPS) is 8.42. The van der Waals surface area contributed by atoms with Crippen LogP contribution in [0.5, 0.6) is 0 Å². The first-order chi connectivity index (χ1) is 5.26. The number of nitrogens with two attached hydrogens (primary N) is 1. The summed E-state index contributed by atoms with van der Waals surface area (Å²) in [6.45, 7) is 0.301. The Morgan fingerprint density at radius 2 is 2.25 bits per heavy atom. The molecule has 0 unspecified atom stereocenters. The van der Waals surface area contributed by atoms with Crippen LogP contribution in [0.2, 0.25) is 5.02 Å². The van der Waals surface area contributed by atoms with Crippen molar-refractivity contribution in [3.8, 4) is 6.07 Å². The van der Waals surface area contributed by atoms with Crippen LogP contribution in [0.4, 0.5) is 0 Å². The van der Waals surface area contributed by atoms with Gasteiger partial charge in [-0.15, -0.1) is 12.4 Å². The number of rotatable bonds is 1. The average Bonchev–Trinajstić information content (AvgIpc) is 2.03. The van der Waals surface area contributed by atoms with Crippen LogP contribution < -0.4 is 5.73 Å². The Kier molecular flexibility index (Phi) is 4.60. The molecule has 5 heteroatoms. The van der Waals surface area contributed by atoms with Crippen LogP contribution >= 0.6 is 24.0 Å². The molecule has 0 aliphatic carbocycles. The van der Waals surface area contributed by atoms with Gasteiger partial charge in [-0.1, -0.05) is 11.6 Å². The van der Waals surface area contributed by atoms with Crippen LogP contribution in [0.25, 0.3) is 0 Å². The summed E-state index contributed by atoms with van der Waals surface area (Å²) in [4.78, 5) is 3.90. The third kappa shape index (κ3) is 2.67. The van der Waals surface area contributed by atoms with E-state index < -0.39 is 0 Å². The first kappa shape index (κ1) is 11.2. The first-order valence-corrected chi connectivity index (χ1v) is 3.40. The molecule has 0 atom stereocenters. The summed E-state index contributed by atoms with van der Waals surface area (Å²) in [6.07, 6.45) is 0. The summed E-state index contributed by atoms with van der Waals surface area (Å²) < 4.78 is 0. The molecule has 0 radical (unpaired) electrons. The topological polar surface area (TPSA) is 62.7 Å². The lowest BCUT2D eigenvalue weighted by Gasteiger charge is -1.96. The van der Waals surface area contributed by atoms with E-state index in [1.54, 1.807) is 6.07 Å². The average molecular weight is 204 g/mol. The quantitative estimate of drug-likeness (QED) is 0.753. The number of nitriles is 1. The third-order valence-corrected chi connectivity index (χ3v) is 1.39. The minimum Gasteiger partial charge on any atom is -0.325 e. The minimum atomic E-state index is 0. The van der Waals surface area contributed by atoms with Gasteiger partial charge >= 0.3 is 0 Å². The van der Waals surface area contributed by atoms with E-state index in [0.29, 0.717) is 23.0 Å². The van der Waals surface area contributed by atoms with Gasteiger partial charge in [0.15, 0.2) is 0 Å². The van der Waals surface area contributed by atoms with Crippen LogP contribution in [-0.2, 0) is 6.54 Å². The highest BCUT2D eigenvalue weighted by Crippen LogP contribution is 2.10. The predicted octanol–water partition coefficient (Wildman–Crippen LogP) is 1.49. The van der Waals surface area contributed by atoms with E-state index in [1.807, 2.05) is 6.07 Å². The third-order valence-electron chi connectivity index (χ3n) is 1.17. The van der Waals surface area contributed by atoms with E-state index >= 15 is 0 Å². The molecule has 0 aliphatic heterocycles. The summed E-state index contributed by atoms with van der Waals surface area (Å²) in [6, 6.07) is 5.03. The van der Waals surface area contributed by atoms with E-state index in [-0.39, 0.29) is 12.4 Å². The van der Waals surface area contributed by atoms with Crippen molar-refractivity contribution in [2.75, 3.05) is 0 Å². The van der Waals surface area contributed by atoms with E-state index in [1.165, 1.54) is 6.07 Å². The molecule has 1 heterocycles. The zero-order chi connectivity index (χ0) is 8.27. The Labute approximate surface area is 81.6 Å². The molecule has 2 N–H and O–H groups in total. The highest BCUT2D eigenvalue weighted by atomic mass is 35.5. The Balaban J connectivity index is 0.00000121.